The monoisotopic (exact) mass is 281 g/mol. The third-order valence-corrected chi connectivity index (χ3v) is 5.25. The highest BCUT2D eigenvalue weighted by atomic mass is 16.5. The normalized spacial score (nSPS) is 41.9. The summed E-state index contributed by atoms with van der Waals surface area (Å²) in [5.41, 5.74) is -0.00176. The molecule has 0 aromatic rings. The Morgan fingerprint density at radius 3 is 2.50 bits per heavy atom. The van der Waals surface area contributed by atoms with Crippen molar-refractivity contribution in [2.24, 2.45) is 17.3 Å². The fourth-order valence-corrected chi connectivity index (χ4v) is 4.06. The molecular weight excluding hydrogens is 250 g/mol. The lowest BCUT2D eigenvalue weighted by molar-refractivity contribution is -0.176. The van der Waals surface area contributed by atoms with Gasteiger partial charge in [-0.05, 0) is 37.5 Å². The Hall–Kier alpha value is -0.570. The van der Waals surface area contributed by atoms with Gasteiger partial charge in [0.05, 0.1) is 12.2 Å². The largest absolute Gasteiger partial charge is 0.374 e. The van der Waals surface area contributed by atoms with Crippen LogP contribution in [0.15, 0.2) is 0 Å². The van der Waals surface area contributed by atoms with Crippen molar-refractivity contribution in [2.45, 2.75) is 85.0 Å². The lowest BCUT2D eigenvalue weighted by Gasteiger charge is -2.54. The minimum Gasteiger partial charge on any atom is -0.374 e. The van der Waals surface area contributed by atoms with Crippen molar-refractivity contribution in [3.63, 3.8) is 0 Å². The van der Waals surface area contributed by atoms with E-state index in [1.807, 2.05) is 0 Å². The number of ether oxygens (including phenoxy) is 1. The summed E-state index contributed by atoms with van der Waals surface area (Å²) >= 11 is 0. The van der Waals surface area contributed by atoms with Crippen molar-refractivity contribution < 1.29 is 9.53 Å². The quantitative estimate of drug-likeness (QED) is 0.798. The molecule has 1 saturated carbocycles. The summed E-state index contributed by atoms with van der Waals surface area (Å²) in [6.07, 6.45) is 4.98. The van der Waals surface area contributed by atoms with E-state index in [9.17, 15) is 4.79 Å². The average Bonchev–Trinajstić information content (AvgIpc) is 2.25. The molecule has 1 N–H and O–H groups in total. The molecule has 3 heteroatoms. The Balaban J connectivity index is 2.25. The zero-order valence-corrected chi connectivity index (χ0v) is 14.0. The third-order valence-electron chi connectivity index (χ3n) is 5.25. The zero-order valence-electron chi connectivity index (χ0n) is 14.0. The summed E-state index contributed by atoms with van der Waals surface area (Å²) in [4.78, 5) is 11.7. The lowest BCUT2D eigenvalue weighted by Crippen LogP contribution is -2.63. The molecule has 0 unspecified atom stereocenters. The molecule has 0 bridgehead atoms. The van der Waals surface area contributed by atoms with Gasteiger partial charge in [-0.2, -0.15) is 0 Å². The van der Waals surface area contributed by atoms with Gasteiger partial charge in [0, 0.05) is 18.4 Å². The Morgan fingerprint density at radius 2 is 1.95 bits per heavy atom. The Bertz CT molecular complexity index is 374. The van der Waals surface area contributed by atoms with E-state index in [-0.39, 0.29) is 23.0 Å². The highest BCUT2D eigenvalue weighted by Crippen LogP contribution is 2.47. The summed E-state index contributed by atoms with van der Waals surface area (Å²) in [5, 5.41) is 3.26. The first-order valence-electron chi connectivity index (χ1n) is 8.06. The second-order valence-corrected chi connectivity index (χ2v) is 8.36. The molecule has 2 aliphatic rings. The molecule has 1 heterocycles. The van der Waals surface area contributed by atoms with Crippen LogP contribution in [0, 0.1) is 17.3 Å². The van der Waals surface area contributed by atoms with Gasteiger partial charge in [-0.15, -0.1) is 0 Å². The molecule has 2 rings (SSSR count). The number of rotatable bonds is 1. The SMILES string of the molecule is CC(=O)N[C@]1(C)C[C@H](C(C)(C)C)O[C@@H]2C[C@H](C)CC[C@H]21. The van der Waals surface area contributed by atoms with Crippen LogP contribution in [0.1, 0.15) is 67.2 Å². The number of hydrogen-bond donors (Lipinski definition) is 1. The number of hydrogen-bond acceptors (Lipinski definition) is 2. The number of fused-ring (bicyclic) bond motifs is 1. The van der Waals surface area contributed by atoms with Crippen LogP contribution in [0.2, 0.25) is 0 Å². The van der Waals surface area contributed by atoms with Crippen LogP contribution < -0.4 is 5.32 Å². The smallest absolute Gasteiger partial charge is 0.217 e. The highest BCUT2D eigenvalue weighted by Gasteiger charge is 2.50. The number of carbonyl (C=O) groups excluding carboxylic acids is 1. The molecule has 0 spiro atoms. The minimum absolute atomic E-state index is 0.0828. The van der Waals surface area contributed by atoms with Crippen molar-refractivity contribution in [3.8, 4) is 0 Å². The van der Waals surface area contributed by atoms with E-state index < -0.39 is 0 Å². The second-order valence-electron chi connectivity index (χ2n) is 8.36. The predicted octanol–water partition coefficient (Wildman–Crippen LogP) is 3.52. The fraction of sp³-hybridized carbons (Fsp3) is 0.941. The molecule has 1 aliphatic carbocycles. The Labute approximate surface area is 123 Å². The molecule has 3 nitrogen and oxygen atoms in total. The van der Waals surface area contributed by atoms with Crippen molar-refractivity contribution in [1.29, 1.82) is 0 Å². The van der Waals surface area contributed by atoms with Crippen LogP contribution in [0.25, 0.3) is 0 Å². The van der Waals surface area contributed by atoms with Gasteiger partial charge in [0.2, 0.25) is 5.91 Å². The third kappa shape index (κ3) is 3.19. The van der Waals surface area contributed by atoms with E-state index in [0.717, 1.165) is 18.8 Å². The van der Waals surface area contributed by atoms with Gasteiger partial charge in [-0.3, -0.25) is 4.79 Å². The molecule has 1 amide bonds. The molecule has 2 fully saturated rings. The molecule has 116 valence electrons. The van der Waals surface area contributed by atoms with E-state index in [1.165, 1.54) is 12.8 Å². The fourth-order valence-electron chi connectivity index (χ4n) is 4.06. The maximum atomic E-state index is 11.7. The van der Waals surface area contributed by atoms with Crippen molar-refractivity contribution in [2.75, 3.05) is 0 Å². The van der Waals surface area contributed by atoms with Crippen LogP contribution in [0.5, 0.6) is 0 Å². The molecule has 20 heavy (non-hydrogen) atoms. The van der Waals surface area contributed by atoms with Gasteiger partial charge >= 0.3 is 0 Å². The van der Waals surface area contributed by atoms with E-state index in [4.69, 9.17) is 4.74 Å². The van der Waals surface area contributed by atoms with Gasteiger partial charge < -0.3 is 10.1 Å². The number of nitrogens with one attached hydrogen (secondary N) is 1. The molecule has 0 aromatic carbocycles. The molecule has 0 radical (unpaired) electrons. The summed E-state index contributed by atoms with van der Waals surface area (Å²) in [6, 6.07) is 0. The topological polar surface area (TPSA) is 38.3 Å². The molecule has 1 aliphatic heterocycles. The predicted molar refractivity (Wildman–Crippen MR) is 81.5 cm³/mol. The van der Waals surface area contributed by atoms with Gasteiger partial charge in [-0.1, -0.05) is 34.1 Å². The van der Waals surface area contributed by atoms with Crippen molar-refractivity contribution in [3.05, 3.63) is 0 Å². The van der Waals surface area contributed by atoms with Crippen molar-refractivity contribution in [1.82, 2.24) is 5.32 Å². The number of carbonyl (C=O) groups is 1. The van der Waals surface area contributed by atoms with E-state index in [0.29, 0.717) is 12.0 Å². The van der Waals surface area contributed by atoms with Crippen molar-refractivity contribution >= 4 is 5.91 Å². The molecule has 1 saturated heterocycles. The summed E-state index contributed by atoms with van der Waals surface area (Å²) in [5.74, 6) is 1.28. The van der Waals surface area contributed by atoms with Crippen LogP contribution >= 0.6 is 0 Å². The molecular formula is C17H31NO2. The van der Waals surface area contributed by atoms with Gasteiger partial charge in [0.25, 0.3) is 0 Å². The molecule has 0 aromatic heterocycles. The summed E-state index contributed by atoms with van der Waals surface area (Å²) < 4.78 is 6.45. The van der Waals surface area contributed by atoms with Gasteiger partial charge in [0.1, 0.15) is 0 Å². The average molecular weight is 281 g/mol. The standard InChI is InChI=1S/C17H31NO2/c1-11-7-8-13-14(9-11)20-15(16(3,4)5)10-17(13,6)18-12(2)19/h11,13-15H,7-10H2,1-6H3,(H,18,19)/t11-,13-,14-,15-,17-/m1/s1. The van der Waals surface area contributed by atoms with E-state index >= 15 is 0 Å². The van der Waals surface area contributed by atoms with E-state index in [2.05, 4.69) is 39.9 Å². The van der Waals surface area contributed by atoms with Gasteiger partial charge in [0.15, 0.2) is 0 Å². The van der Waals surface area contributed by atoms with Crippen LogP contribution in [-0.4, -0.2) is 23.7 Å². The van der Waals surface area contributed by atoms with Crippen LogP contribution in [0.3, 0.4) is 0 Å². The maximum absolute atomic E-state index is 11.7. The first-order valence-corrected chi connectivity index (χ1v) is 8.06. The number of amides is 1. The molecule has 5 atom stereocenters. The summed E-state index contributed by atoms with van der Waals surface area (Å²) in [6.45, 7) is 12.9. The first-order chi connectivity index (χ1) is 9.12. The Morgan fingerprint density at radius 1 is 1.30 bits per heavy atom. The van der Waals surface area contributed by atoms with Crippen LogP contribution in [0.4, 0.5) is 0 Å². The maximum Gasteiger partial charge on any atom is 0.217 e. The highest BCUT2D eigenvalue weighted by molar-refractivity contribution is 5.73. The first kappa shape index (κ1) is 15.8. The lowest BCUT2D eigenvalue weighted by atomic mass is 9.65. The Kier molecular flexibility index (Phi) is 4.21. The second kappa shape index (κ2) is 5.32. The summed E-state index contributed by atoms with van der Waals surface area (Å²) in [7, 11) is 0. The van der Waals surface area contributed by atoms with Crippen LogP contribution in [-0.2, 0) is 9.53 Å². The van der Waals surface area contributed by atoms with E-state index in [1.54, 1.807) is 6.92 Å². The van der Waals surface area contributed by atoms with Gasteiger partial charge in [-0.25, -0.2) is 0 Å². The minimum atomic E-state index is -0.118. The zero-order chi connectivity index (χ0) is 15.1.